The molecule has 36 heavy (non-hydrogen) atoms. The van der Waals surface area contributed by atoms with Gasteiger partial charge in [0.2, 0.25) is 11.8 Å². The van der Waals surface area contributed by atoms with E-state index in [1.54, 1.807) is 18.2 Å². The van der Waals surface area contributed by atoms with E-state index < -0.39 is 43.3 Å². The van der Waals surface area contributed by atoms with E-state index in [-0.39, 0.29) is 35.6 Å². The molecule has 1 aliphatic rings. The van der Waals surface area contributed by atoms with Crippen molar-refractivity contribution in [3.63, 3.8) is 0 Å². The molecule has 1 heterocycles. The van der Waals surface area contributed by atoms with Crippen LogP contribution in [0.5, 0.6) is 5.75 Å². The fraction of sp³-hybridized carbons (Fsp3) is 0.333. The molecule has 0 bridgehead atoms. The molecule has 1 saturated carbocycles. The smallest absolute Gasteiger partial charge is 0.355 e. The molecule has 2 aromatic carbocycles. The minimum absolute atomic E-state index is 0.0405. The van der Waals surface area contributed by atoms with Crippen molar-refractivity contribution in [1.82, 2.24) is 5.09 Å². The van der Waals surface area contributed by atoms with E-state index in [9.17, 15) is 28.0 Å². The Bertz CT molecular complexity index is 1310. The summed E-state index contributed by atoms with van der Waals surface area (Å²) in [5.74, 6) is -7.35. The zero-order valence-electron chi connectivity index (χ0n) is 19.0. The van der Waals surface area contributed by atoms with E-state index in [1.165, 1.54) is 43.3 Å². The van der Waals surface area contributed by atoms with Crippen LogP contribution in [0.3, 0.4) is 0 Å². The van der Waals surface area contributed by atoms with Crippen LogP contribution in [0.2, 0.25) is 0 Å². The van der Waals surface area contributed by atoms with E-state index in [2.05, 4.69) is 5.09 Å². The van der Waals surface area contributed by atoms with Crippen LogP contribution in [-0.2, 0) is 14.1 Å². The minimum Gasteiger partial charge on any atom is -0.477 e. The monoisotopic (exact) mass is 541 g/mol. The molecule has 0 aliphatic heterocycles. The zero-order valence-corrected chi connectivity index (χ0v) is 20.7. The normalized spacial score (nSPS) is 18.6. The molecule has 0 amide bonds. The van der Waals surface area contributed by atoms with Crippen molar-refractivity contribution in [2.24, 2.45) is 5.92 Å². The summed E-state index contributed by atoms with van der Waals surface area (Å²) in [6.45, 7) is 1.09. The van der Waals surface area contributed by atoms with Crippen LogP contribution in [0, 0.1) is 5.92 Å². The topological polar surface area (TPSA) is 102 Å². The molecule has 1 aromatic heterocycles. The van der Waals surface area contributed by atoms with Gasteiger partial charge in [-0.2, -0.15) is 0 Å². The standard InChI is InChI=1S/C24H23F3NO6PS/c1-14(23(31)33-13-15-11-24(26,27)12-15)28-35(32,34-18-5-3-2-4-6-18)21(25)16-7-8-19-17(9-16)10-20(36-19)22(29)30/h2-10,14-15,21H,11-13H2,1H3,(H,28,32)(H,29,30)/t14-,21+,35?/m0/s1. The number of benzene rings is 2. The van der Waals surface area contributed by atoms with E-state index in [4.69, 9.17) is 9.26 Å². The average molecular weight is 541 g/mol. The first-order valence-electron chi connectivity index (χ1n) is 11.0. The number of thiophene rings is 1. The summed E-state index contributed by atoms with van der Waals surface area (Å²) in [4.78, 5) is 23.8. The number of carbonyl (C=O) groups is 2. The maximum absolute atomic E-state index is 15.9. The fourth-order valence-electron chi connectivity index (χ4n) is 3.84. The number of hydrogen-bond donors (Lipinski definition) is 2. The first-order chi connectivity index (χ1) is 17.0. The Morgan fingerprint density at radius 2 is 1.89 bits per heavy atom. The van der Waals surface area contributed by atoms with Gasteiger partial charge in [-0.15, -0.1) is 11.3 Å². The number of nitrogens with one attached hydrogen (secondary N) is 1. The van der Waals surface area contributed by atoms with E-state index >= 15 is 4.39 Å². The number of carboxylic acid groups (broad SMARTS) is 1. The Morgan fingerprint density at radius 1 is 1.19 bits per heavy atom. The molecule has 12 heteroatoms. The SMILES string of the molecule is C[C@H](NP(=O)(Oc1ccccc1)[C@@H](F)c1ccc2sc(C(=O)O)cc2c1)C(=O)OCC1CC(F)(F)C1. The van der Waals surface area contributed by atoms with Crippen molar-refractivity contribution in [2.75, 3.05) is 6.61 Å². The van der Waals surface area contributed by atoms with Gasteiger partial charge in [-0.1, -0.05) is 24.3 Å². The molecule has 3 aromatic rings. The highest BCUT2D eigenvalue weighted by Gasteiger charge is 2.46. The molecule has 0 spiro atoms. The third kappa shape index (κ3) is 5.91. The summed E-state index contributed by atoms with van der Waals surface area (Å²) in [6.07, 6.45) is -0.752. The fourth-order valence-corrected chi connectivity index (χ4v) is 6.63. The molecule has 192 valence electrons. The van der Waals surface area contributed by atoms with Gasteiger partial charge < -0.3 is 14.4 Å². The lowest BCUT2D eigenvalue weighted by molar-refractivity contribution is -0.158. The highest BCUT2D eigenvalue weighted by molar-refractivity contribution is 7.57. The van der Waals surface area contributed by atoms with Crippen LogP contribution in [0.4, 0.5) is 13.2 Å². The lowest BCUT2D eigenvalue weighted by Crippen LogP contribution is -2.40. The molecule has 1 fully saturated rings. The largest absolute Gasteiger partial charge is 0.477 e. The summed E-state index contributed by atoms with van der Waals surface area (Å²) >= 11 is 1.02. The summed E-state index contributed by atoms with van der Waals surface area (Å²) in [6, 6.07) is 12.2. The number of carbonyl (C=O) groups excluding carboxylic acids is 1. The predicted octanol–water partition coefficient (Wildman–Crippen LogP) is 6.41. The number of ether oxygens (including phenoxy) is 1. The Morgan fingerprint density at radius 3 is 2.53 bits per heavy atom. The summed E-state index contributed by atoms with van der Waals surface area (Å²) < 4.78 is 66.9. The number of aromatic carboxylic acids is 1. The number of fused-ring (bicyclic) bond motifs is 1. The van der Waals surface area contributed by atoms with Crippen molar-refractivity contribution in [1.29, 1.82) is 0 Å². The molecule has 0 radical (unpaired) electrons. The average Bonchev–Trinajstić information content (AvgIpc) is 3.25. The van der Waals surface area contributed by atoms with Gasteiger partial charge in [-0.25, -0.2) is 23.1 Å². The number of alkyl halides is 3. The molecule has 1 aliphatic carbocycles. The molecule has 3 atom stereocenters. The third-order valence-corrected chi connectivity index (χ3v) is 8.90. The second kappa shape index (κ2) is 10.2. The van der Waals surface area contributed by atoms with Crippen LogP contribution in [0.15, 0.2) is 54.6 Å². The van der Waals surface area contributed by atoms with Gasteiger partial charge in [0.25, 0.3) is 0 Å². The van der Waals surface area contributed by atoms with Gasteiger partial charge in [0.15, 0.2) is 0 Å². The van der Waals surface area contributed by atoms with Crippen molar-refractivity contribution < 1.29 is 41.7 Å². The first-order valence-corrected chi connectivity index (χ1v) is 13.5. The number of hydrogen-bond acceptors (Lipinski definition) is 6. The summed E-state index contributed by atoms with van der Waals surface area (Å²) in [7, 11) is -4.47. The molecular formula is C24H23F3NO6PS. The number of halogens is 3. The number of rotatable bonds is 10. The van der Waals surface area contributed by atoms with E-state index in [0.29, 0.717) is 10.1 Å². The quantitative estimate of drug-likeness (QED) is 0.226. The van der Waals surface area contributed by atoms with Gasteiger partial charge in [0.05, 0.1) is 6.61 Å². The molecule has 4 rings (SSSR count). The number of carboxylic acids is 1. The van der Waals surface area contributed by atoms with Crippen LogP contribution in [-0.4, -0.2) is 35.6 Å². The second-order valence-electron chi connectivity index (χ2n) is 8.66. The van der Waals surface area contributed by atoms with Crippen LogP contribution in [0.25, 0.3) is 10.1 Å². The van der Waals surface area contributed by atoms with Gasteiger partial charge in [-0.3, -0.25) is 9.36 Å². The van der Waals surface area contributed by atoms with Gasteiger partial charge in [0.1, 0.15) is 16.7 Å². The van der Waals surface area contributed by atoms with Gasteiger partial charge >= 0.3 is 19.5 Å². The van der Waals surface area contributed by atoms with Gasteiger partial charge in [-0.05, 0) is 48.2 Å². The predicted molar refractivity (Wildman–Crippen MR) is 129 cm³/mol. The lowest BCUT2D eigenvalue weighted by atomic mass is 9.82. The Kier molecular flexibility index (Phi) is 7.45. The molecule has 2 N–H and O–H groups in total. The maximum atomic E-state index is 15.9. The molecule has 0 saturated heterocycles. The maximum Gasteiger partial charge on any atom is 0.355 e. The first kappa shape index (κ1) is 26.2. The van der Waals surface area contributed by atoms with E-state index in [0.717, 1.165) is 11.3 Å². The van der Waals surface area contributed by atoms with Crippen molar-refractivity contribution in [3.05, 3.63) is 65.0 Å². The molecule has 1 unspecified atom stereocenters. The third-order valence-electron chi connectivity index (χ3n) is 5.67. The Labute approximate surface area is 208 Å². The molecular weight excluding hydrogens is 518 g/mol. The lowest BCUT2D eigenvalue weighted by Gasteiger charge is -2.34. The van der Waals surface area contributed by atoms with Crippen molar-refractivity contribution in [3.8, 4) is 5.75 Å². The van der Waals surface area contributed by atoms with Gasteiger partial charge in [0, 0.05) is 23.5 Å². The highest BCUT2D eigenvalue weighted by Crippen LogP contribution is 2.58. The van der Waals surface area contributed by atoms with Crippen LogP contribution < -0.4 is 9.61 Å². The minimum atomic E-state index is -4.47. The Balaban J connectivity index is 1.54. The Hall–Kier alpha value is -2.88. The van der Waals surface area contributed by atoms with E-state index in [1.807, 2.05) is 0 Å². The van der Waals surface area contributed by atoms with Crippen LogP contribution in [0.1, 0.15) is 40.9 Å². The number of esters is 1. The second-order valence-corrected chi connectivity index (χ2v) is 11.8. The molecule has 7 nitrogen and oxygen atoms in total. The summed E-state index contributed by atoms with van der Waals surface area (Å²) in [5, 5.41) is 12.1. The summed E-state index contributed by atoms with van der Waals surface area (Å²) in [5.41, 5.74) is -0.0405. The van der Waals surface area contributed by atoms with Crippen LogP contribution >= 0.6 is 18.9 Å². The zero-order chi connectivity index (χ0) is 26.1. The highest BCUT2D eigenvalue weighted by atomic mass is 32.1. The van der Waals surface area contributed by atoms with Crippen molar-refractivity contribution >= 4 is 40.9 Å². The number of para-hydroxylation sites is 1. The van der Waals surface area contributed by atoms with Crippen molar-refractivity contribution in [2.45, 2.75) is 37.6 Å².